The maximum Gasteiger partial charge on any atom is 0.317 e. The lowest BCUT2D eigenvalue weighted by molar-refractivity contribution is 0.208. The zero-order chi connectivity index (χ0) is 15.4. The molecule has 2 aromatic rings. The topological polar surface area (TPSA) is 59.4 Å². The van der Waals surface area contributed by atoms with Gasteiger partial charge in [0.2, 0.25) is 0 Å². The molecule has 2 amide bonds. The summed E-state index contributed by atoms with van der Waals surface area (Å²) in [4.78, 5) is 13.8. The van der Waals surface area contributed by atoms with Gasteiger partial charge < -0.3 is 15.0 Å². The molecule has 0 radical (unpaired) electrons. The average molecular weight is 300 g/mol. The summed E-state index contributed by atoms with van der Waals surface area (Å²) in [7, 11) is 1.64. The van der Waals surface area contributed by atoms with Gasteiger partial charge in [0.15, 0.2) is 0 Å². The van der Waals surface area contributed by atoms with Crippen LogP contribution in [0.3, 0.4) is 0 Å². The van der Waals surface area contributed by atoms with E-state index in [1.807, 2.05) is 35.4 Å². The van der Waals surface area contributed by atoms with E-state index in [4.69, 9.17) is 4.74 Å². The Morgan fingerprint density at radius 3 is 2.86 bits per heavy atom. The van der Waals surface area contributed by atoms with Gasteiger partial charge >= 0.3 is 6.03 Å². The molecule has 1 fully saturated rings. The van der Waals surface area contributed by atoms with Crippen molar-refractivity contribution in [3.8, 4) is 11.4 Å². The Kier molecular flexibility index (Phi) is 4.27. The number of hydrogen-bond acceptors (Lipinski definition) is 3. The zero-order valence-electron chi connectivity index (χ0n) is 12.7. The summed E-state index contributed by atoms with van der Waals surface area (Å²) < 4.78 is 7.10. The molecule has 0 saturated carbocycles. The fraction of sp³-hybridized carbons (Fsp3) is 0.375. The quantitative estimate of drug-likeness (QED) is 0.941. The molecular formula is C16H20N4O2. The van der Waals surface area contributed by atoms with E-state index >= 15 is 0 Å². The molecule has 0 spiro atoms. The van der Waals surface area contributed by atoms with Crippen molar-refractivity contribution < 1.29 is 9.53 Å². The largest absolute Gasteiger partial charge is 0.494 e. The molecule has 2 heterocycles. The van der Waals surface area contributed by atoms with E-state index in [1.165, 1.54) is 0 Å². The molecule has 1 saturated heterocycles. The first-order valence-electron chi connectivity index (χ1n) is 7.47. The predicted molar refractivity (Wildman–Crippen MR) is 83.2 cm³/mol. The molecular weight excluding hydrogens is 280 g/mol. The molecule has 0 bridgehead atoms. The van der Waals surface area contributed by atoms with Crippen molar-refractivity contribution in [2.45, 2.75) is 19.4 Å². The van der Waals surface area contributed by atoms with Gasteiger partial charge in [0, 0.05) is 31.4 Å². The van der Waals surface area contributed by atoms with Crippen molar-refractivity contribution in [2.24, 2.45) is 0 Å². The van der Waals surface area contributed by atoms with Crippen LogP contribution < -0.4 is 10.1 Å². The van der Waals surface area contributed by atoms with Gasteiger partial charge in [-0.2, -0.15) is 5.10 Å². The summed E-state index contributed by atoms with van der Waals surface area (Å²) in [5.74, 6) is 0.762. The van der Waals surface area contributed by atoms with Crippen LogP contribution in [0.4, 0.5) is 4.79 Å². The lowest BCUT2D eigenvalue weighted by atomic mass is 10.3. The number of urea groups is 1. The van der Waals surface area contributed by atoms with Crippen molar-refractivity contribution >= 4 is 6.03 Å². The van der Waals surface area contributed by atoms with Gasteiger partial charge in [0.1, 0.15) is 11.4 Å². The number of likely N-dealkylation sites (tertiary alicyclic amines) is 1. The summed E-state index contributed by atoms with van der Waals surface area (Å²) in [6, 6.07) is 7.70. The second-order valence-corrected chi connectivity index (χ2v) is 5.32. The van der Waals surface area contributed by atoms with Crippen LogP contribution in [0.1, 0.15) is 18.4 Å². The van der Waals surface area contributed by atoms with Crippen molar-refractivity contribution in [2.75, 3.05) is 20.2 Å². The predicted octanol–water partition coefficient (Wildman–Crippen LogP) is 2.19. The minimum absolute atomic E-state index is 0.00235. The van der Waals surface area contributed by atoms with Gasteiger partial charge in [-0.25, -0.2) is 9.48 Å². The van der Waals surface area contributed by atoms with Crippen molar-refractivity contribution in [3.63, 3.8) is 0 Å². The molecule has 1 aromatic carbocycles. The van der Waals surface area contributed by atoms with Crippen molar-refractivity contribution in [1.82, 2.24) is 20.0 Å². The van der Waals surface area contributed by atoms with Crippen LogP contribution in [0.15, 0.2) is 36.7 Å². The van der Waals surface area contributed by atoms with Crippen LogP contribution in [-0.4, -0.2) is 40.9 Å². The van der Waals surface area contributed by atoms with E-state index in [1.54, 1.807) is 18.0 Å². The van der Waals surface area contributed by atoms with E-state index < -0.39 is 0 Å². The summed E-state index contributed by atoms with van der Waals surface area (Å²) in [5.41, 5.74) is 1.83. The van der Waals surface area contributed by atoms with Crippen molar-refractivity contribution in [1.29, 1.82) is 0 Å². The minimum Gasteiger partial charge on any atom is -0.494 e. The van der Waals surface area contributed by atoms with Crippen LogP contribution in [0.25, 0.3) is 5.69 Å². The standard InChI is InChI=1S/C16H20N4O2/c1-22-15-7-3-2-6-14(15)20-12-13(11-18-20)10-17-16(21)19-8-4-5-9-19/h2-3,6-7,11-12H,4-5,8-10H2,1H3,(H,17,21). The molecule has 1 aromatic heterocycles. The number of methoxy groups -OCH3 is 1. The van der Waals surface area contributed by atoms with Gasteiger partial charge in [0.25, 0.3) is 0 Å². The Morgan fingerprint density at radius 2 is 2.09 bits per heavy atom. The fourth-order valence-electron chi connectivity index (χ4n) is 2.61. The first-order chi connectivity index (χ1) is 10.8. The van der Waals surface area contributed by atoms with Gasteiger partial charge in [-0.15, -0.1) is 0 Å². The Morgan fingerprint density at radius 1 is 1.32 bits per heavy atom. The summed E-state index contributed by atoms with van der Waals surface area (Å²) in [5, 5.41) is 7.28. The van der Waals surface area contributed by atoms with Gasteiger partial charge in [-0.3, -0.25) is 0 Å². The Balaban J connectivity index is 1.65. The maximum atomic E-state index is 12.0. The number of amides is 2. The van der Waals surface area contributed by atoms with E-state index in [9.17, 15) is 4.79 Å². The summed E-state index contributed by atoms with van der Waals surface area (Å²) in [6.45, 7) is 2.18. The number of carbonyl (C=O) groups excluding carboxylic acids is 1. The van der Waals surface area contributed by atoms with E-state index in [0.29, 0.717) is 6.54 Å². The molecule has 0 aliphatic carbocycles. The maximum absolute atomic E-state index is 12.0. The molecule has 22 heavy (non-hydrogen) atoms. The fourth-order valence-corrected chi connectivity index (χ4v) is 2.61. The number of nitrogens with zero attached hydrogens (tertiary/aromatic N) is 3. The lowest BCUT2D eigenvalue weighted by Gasteiger charge is -2.15. The Bertz CT molecular complexity index is 647. The molecule has 6 heteroatoms. The van der Waals surface area contributed by atoms with Crippen LogP contribution in [-0.2, 0) is 6.54 Å². The highest BCUT2D eigenvalue weighted by atomic mass is 16.5. The van der Waals surface area contributed by atoms with E-state index in [-0.39, 0.29) is 6.03 Å². The molecule has 1 N–H and O–H groups in total. The second kappa shape index (κ2) is 6.51. The van der Waals surface area contributed by atoms with Gasteiger partial charge in [-0.1, -0.05) is 12.1 Å². The molecule has 3 rings (SSSR count). The third kappa shape index (κ3) is 3.05. The first-order valence-corrected chi connectivity index (χ1v) is 7.47. The monoisotopic (exact) mass is 300 g/mol. The molecule has 1 aliphatic rings. The first kappa shape index (κ1) is 14.4. The van der Waals surface area contributed by atoms with Crippen LogP contribution in [0, 0.1) is 0 Å². The summed E-state index contributed by atoms with van der Waals surface area (Å²) in [6.07, 6.45) is 5.86. The van der Waals surface area contributed by atoms with E-state index in [2.05, 4.69) is 10.4 Å². The van der Waals surface area contributed by atoms with Gasteiger partial charge in [0.05, 0.1) is 13.3 Å². The van der Waals surface area contributed by atoms with Crippen LogP contribution in [0.5, 0.6) is 5.75 Å². The Hall–Kier alpha value is -2.50. The van der Waals surface area contributed by atoms with Crippen LogP contribution in [0.2, 0.25) is 0 Å². The van der Waals surface area contributed by atoms with Gasteiger partial charge in [-0.05, 0) is 25.0 Å². The zero-order valence-corrected chi connectivity index (χ0v) is 12.7. The molecule has 1 aliphatic heterocycles. The average Bonchev–Trinajstić information content (AvgIpc) is 3.24. The number of ether oxygens (including phenoxy) is 1. The van der Waals surface area contributed by atoms with Crippen molar-refractivity contribution in [3.05, 3.63) is 42.2 Å². The Labute approximate surface area is 129 Å². The number of nitrogens with one attached hydrogen (secondary N) is 1. The second-order valence-electron chi connectivity index (χ2n) is 5.32. The minimum atomic E-state index is 0.00235. The SMILES string of the molecule is COc1ccccc1-n1cc(CNC(=O)N2CCCC2)cn1. The highest BCUT2D eigenvalue weighted by Gasteiger charge is 2.17. The third-order valence-electron chi connectivity index (χ3n) is 3.81. The molecule has 6 nitrogen and oxygen atoms in total. The number of para-hydroxylation sites is 2. The number of aromatic nitrogens is 2. The lowest BCUT2D eigenvalue weighted by Crippen LogP contribution is -2.37. The molecule has 116 valence electrons. The third-order valence-corrected chi connectivity index (χ3v) is 3.81. The molecule has 0 unspecified atom stereocenters. The highest BCUT2D eigenvalue weighted by molar-refractivity contribution is 5.74. The number of rotatable bonds is 4. The smallest absolute Gasteiger partial charge is 0.317 e. The normalized spacial score (nSPS) is 14.1. The highest BCUT2D eigenvalue weighted by Crippen LogP contribution is 2.21. The number of carbonyl (C=O) groups is 1. The summed E-state index contributed by atoms with van der Waals surface area (Å²) >= 11 is 0. The van der Waals surface area contributed by atoms with Crippen LogP contribution >= 0.6 is 0 Å². The number of benzene rings is 1. The van der Waals surface area contributed by atoms with E-state index in [0.717, 1.165) is 42.9 Å². The number of hydrogen-bond donors (Lipinski definition) is 1. The molecule has 0 atom stereocenters.